The van der Waals surface area contributed by atoms with Gasteiger partial charge in [-0.05, 0) is 37.8 Å². The molecule has 2 aromatic heterocycles. The monoisotopic (exact) mass is 426 g/mol. The number of hydrogen-bond donors (Lipinski definition) is 0. The van der Waals surface area contributed by atoms with E-state index >= 15 is 0 Å². The Morgan fingerprint density at radius 1 is 1.07 bits per heavy atom. The molecule has 29 heavy (non-hydrogen) atoms. The molecule has 6 nitrogen and oxygen atoms in total. The van der Waals surface area contributed by atoms with Gasteiger partial charge in [0, 0.05) is 32.2 Å². The summed E-state index contributed by atoms with van der Waals surface area (Å²) in [4.78, 5) is 23.9. The summed E-state index contributed by atoms with van der Waals surface area (Å²) in [6.07, 6.45) is -0.683. The lowest BCUT2D eigenvalue weighted by Gasteiger charge is -2.18. The molecule has 0 radical (unpaired) electrons. The minimum Gasteiger partial charge on any atom is -0.455 e. The van der Waals surface area contributed by atoms with Crippen molar-refractivity contribution in [1.29, 1.82) is 0 Å². The second kappa shape index (κ2) is 8.25. The summed E-state index contributed by atoms with van der Waals surface area (Å²) in [7, 11) is 0. The Labute approximate surface area is 170 Å². The molecule has 0 aliphatic carbocycles. The van der Waals surface area contributed by atoms with Crippen LogP contribution in [-0.4, -0.2) is 47.0 Å². The second-order valence-corrected chi connectivity index (χ2v) is 8.08. The van der Waals surface area contributed by atoms with E-state index in [4.69, 9.17) is 4.42 Å². The Morgan fingerprint density at radius 3 is 2.45 bits per heavy atom. The number of thioether (sulfide) groups is 1. The average molecular weight is 426 g/mol. The van der Waals surface area contributed by atoms with Crippen LogP contribution in [0.1, 0.15) is 47.7 Å². The molecule has 0 spiro atoms. The largest absolute Gasteiger partial charge is 0.455 e. The van der Waals surface area contributed by atoms with Crippen molar-refractivity contribution >= 4 is 23.5 Å². The van der Waals surface area contributed by atoms with Gasteiger partial charge in [0.15, 0.2) is 16.6 Å². The smallest absolute Gasteiger partial charge is 0.433 e. The van der Waals surface area contributed by atoms with Crippen molar-refractivity contribution in [2.45, 2.75) is 42.8 Å². The molecule has 156 valence electrons. The molecule has 0 saturated carbocycles. The van der Waals surface area contributed by atoms with Crippen LogP contribution in [0.5, 0.6) is 0 Å². The van der Waals surface area contributed by atoms with Gasteiger partial charge in [-0.15, -0.1) is 0 Å². The maximum Gasteiger partial charge on any atom is 0.433 e. The van der Waals surface area contributed by atoms with E-state index in [1.165, 1.54) is 0 Å². The summed E-state index contributed by atoms with van der Waals surface area (Å²) < 4.78 is 45.4. The Bertz CT molecular complexity index is 875. The van der Waals surface area contributed by atoms with Crippen molar-refractivity contribution in [1.82, 2.24) is 14.9 Å². The molecule has 4 rings (SSSR count). The first-order chi connectivity index (χ1) is 13.9. The maximum atomic E-state index is 13.3. The molecule has 2 aliphatic heterocycles. The van der Waals surface area contributed by atoms with Gasteiger partial charge in [-0.25, -0.2) is 9.97 Å². The molecular weight excluding hydrogens is 405 g/mol. The predicted octanol–water partition coefficient (Wildman–Crippen LogP) is 4.22. The van der Waals surface area contributed by atoms with Crippen LogP contribution in [0.15, 0.2) is 27.8 Å². The number of aromatic nitrogens is 2. The molecule has 2 saturated heterocycles. The highest BCUT2D eigenvalue weighted by Gasteiger charge is 2.34. The first kappa shape index (κ1) is 20.1. The van der Waals surface area contributed by atoms with Crippen LogP contribution in [0.25, 0.3) is 0 Å². The number of anilines is 1. The number of rotatable bonds is 5. The normalized spacial score (nSPS) is 17.3. The van der Waals surface area contributed by atoms with Gasteiger partial charge in [0.25, 0.3) is 5.91 Å². The van der Waals surface area contributed by atoms with Crippen LogP contribution in [0, 0.1) is 0 Å². The fourth-order valence-electron chi connectivity index (χ4n) is 3.51. The molecule has 0 aromatic carbocycles. The summed E-state index contributed by atoms with van der Waals surface area (Å²) in [5, 5.41) is 0.0468. The third-order valence-electron chi connectivity index (χ3n) is 5.02. The summed E-state index contributed by atoms with van der Waals surface area (Å²) >= 11 is 1.07. The third kappa shape index (κ3) is 4.68. The number of alkyl halides is 3. The van der Waals surface area contributed by atoms with Crippen molar-refractivity contribution in [3.63, 3.8) is 0 Å². The fourth-order valence-corrected chi connectivity index (χ4v) is 4.26. The van der Waals surface area contributed by atoms with Crippen molar-refractivity contribution in [2.24, 2.45) is 0 Å². The molecule has 2 fully saturated rings. The standard InChI is InChI=1S/C19H21F3N4O2S/c20-19(21,22)15-11-16(25-7-1-2-8-25)24-18(23-15)29-12-13-5-6-14(28-13)17(27)26-9-3-4-10-26/h5-6,11H,1-4,7-10,12H2. The zero-order valence-corrected chi connectivity index (χ0v) is 16.6. The first-order valence-corrected chi connectivity index (χ1v) is 10.6. The lowest BCUT2D eigenvalue weighted by molar-refractivity contribution is -0.141. The number of carbonyl (C=O) groups excluding carboxylic acids is 1. The lowest BCUT2D eigenvalue weighted by Crippen LogP contribution is -2.27. The van der Waals surface area contributed by atoms with Gasteiger partial charge < -0.3 is 14.2 Å². The van der Waals surface area contributed by atoms with E-state index in [-0.39, 0.29) is 22.6 Å². The third-order valence-corrected chi connectivity index (χ3v) is 5.89. The second-order valence-electron chi connectivity index (χ2n) is 7.14. The highest BCUT2D eigenvalue weighted by molar-refractivity contribution is 7.98. The number of halogens is 3. The topological polar surface area (TPSA) is 62.5 Å². The van der Waals surface area contributed by atoms with Crippen LogP contribution in [-0.2, 0) is 11.9 Å². The number of amides is 1. The highest BCUT2D eigenvalue weighted by atomic mass is 32.2. The quantitative estimate of drug-likeness (QED) is 0.527. The molecule has 10 heteroatoms. The maximum absolute atomic E-state index is 13.3. The minimum atomic E-state index is -4.53. The Balaban J connectivity index is 1.47. The first-order valence-electron chi connectivity index (χ1n) is 9.62. The molecular formula is C19H21F3N4O2S. The van der Waals surface area contributed by atoms with Gasteiger partial charge in [-0.1, -0.05) is 11.8 Å². The van der Waals surface area contributed by atoms with E-state index < -0.39 is 11.9 Å². The molecule has 0 N–H and O–H groups in total. The Kier molecular flexibility index (Phi) is 5.71. The van der Waals surface area contributed by atoms with Gasteiger partial charge in [-0.2, -0.15) is 13.2 Å². The van der Waals surface area contributed by atoms with Gasteiger partial charge in [0.05, 0.1) is 5.75 Å². The predicted molar refractivity (Wildman–Crippen MR) is 102 cm³/mol. The van der Waals surface area contributed by atoms with Crippen LogP contribution in [0.4, 0.5) is 19.0 Å². The van der Waals surface area contributed by atoms with E-state index in [9.17, 15) is 18.0 Å². The van der Waals surface area contributed by atoms with Crippen molar-refractivity contribution < 1.29 is 22.4 Å². The zero-order valence-electron chi connectivity index (χ0n) is 15.7. The van der Waals surface area contributed by atoms with Crippen molar-refractivity contribution in [2.75, 3.05) is 31.1 Å². The van der Waals surface area contributed by atoms with Crippen LogP contribution >= 0.6 is 11.8 Å². The number of furan rings is 1. The van der Waals surface area contributed by atoms with E-state index in [1.807, 2.05) is 4.90 Å². The molecule has 0 unspecified atom stereocenters. The molecule has 0 atom stereocenters. The fraction of sp³-hybridized carbons (Fsp3) is 0.526. The van der Waals surface area contributed by atoms with Crippen LogP contribution in [0.2, 0.25) is 0 Å². The zero-order chi connectivity index (χ0) is 20.4. The van der Waals surface area contributed by atoms with Gasteiger partial charge in [0.1, 0.15) is 11.6 Å². The van der Waals surface area contributed by atoms with Crippen LogP contribution < -0.4 is 4.90 Å². The van der Waals surface area contributed by atoms with Crippen LogP contribution in [0.3, 0.4) is 0 Å². The van der Waals surface area contributed by atoms with Gasteiger partial charge in [0.2, 0.25) is 0 Å². The summed E-state index contributed by atoms with van der Waals surface area (Å²) in [5.41, 5.74) is -0.943. The number of likely N-dealkylation sites (tertiary alicyclic amines) is 1. The minimum absolute atomic E-state index is 0.0468. The summed E-state index contributed by atoms with van der Waals surface area (Å²) in [5.74, 6) is 1.15. The van der Waals surface area contributed by atoms with Crippen molar-refractivity contribution in [3.8, 4) is 0 Å². The van der Waals surface area contributed by atoms with E-state index in [0.29, 0.717) is 24.7 Å². The number of carbonyl (C=O) groups is 1. The highest BCUT2D eigenvalue weighted by Crippen LogP contribution is 2.33. The van der Waals surface area contributed by atoms with E-state index in [0.717, 1.165) is 56.6 Å². The van der Waals surface area contributed by atoms with E-state index in [1.54, 1.807) is 17.0 Å². The van der Waals surface area contributed by atoms with E-state index in [2.05, 4.69) is 9.97 Å². The molecule has 1 amide bonds. The van der Waals surface area contributed by atoms with Crippen molar-refractivity contribution in [3.05, 3.63) is 35.4 Å². The summed E-state index contributed by atoms with van der Waals surface area (Å²) in [6, 6.07) is 4.29. The molecule has 4 heterocycles. The number of hydrogen-bond acceptors (Lipinski definition) is 6. The molecule has 2 aromatic rings. The Morgan fingerprint density at radius 2 is 1.76 bits per heavy atom. The average Bonchev–Trinajstić information content (AvgIpc) is 3.47. The molecule has 2 aliphatic rings. The Hall–Kier alpha value is -2.23. The number of nitrogens with zero attached hydrogens (tertiary/aromatic N) is 4. The lowest BCUT2D eigenvalue weighted by atomic mass is 10.3. The van der Waals surface area contributed by atoms with Gasteiger partial charge in [-0.3, -0.25) is 4.79 Å². The van der Waals surface area contributed by atoms with Gasteiger partial charge >= 0.3 is 6.18 Å². The summed E-state index contributed by atoms with van der Waals surface area (Å²) in [6.45, 7) is 2.83. The SMILES string of the molecule is O=C(c1ccc(CSc2nc(N3CCCC3)cc(C(F)(F)F)n2)o1)N1CCCC1. The molecule has 0 bridgehead atoms.